The summed E-state index contributed by atoms with van der Waals surface area (Å²) in [5.41, 5.74) is 7.04. The van der Waals surface area contributed by atoms with Crippen molar-refractivity contribution in [3.63, 3.8) is 0 Å². The second-order valence-corrected chi connectivity index (χ2v) is 5.53. The minimum absolute atomic E-state index is 0.674. The zero-order chi connectivity index (χ0) is 13.0. The average molecular weight is 248 g/mol. The van der Waals surface area contributed by atoms with Gasteiger partial charge in [0, 0.05) is 24.8 Å². The molecule has 2 rings (SSSR count). The Hall–Kier alpha value is -1.13. The lowest BCUT2D eigenvalue weighted by atomic mass is 9.96. The van der Waals surface area contributed by atoms with Gasteiger partial charge in [-0.15, -0.1) is 0 Å². The van der Waals surface area contributed by atoms with Gasteiger partial charge >= 0.3 is 0 Å². The van der Waals surface area contributed by atoms with Gasteiger partial charge in [0.05, 0.1) is 0 Å². The van der Waals surface area contributed by atoms with Crippen LogP contribution in [0.3, 0.4) is 0 Å². The molecule has 0 amide bonds. The Balaban J connectivity index is 1.82. The molecule has 0 saturated carbocycles. The molecule has 1 saturated heterocycles. The molecule has 0 atom stereocenters. The van der Waals surface area contributed by atoms with Gasteiger partial charge in [0.2, 0.25) is 0 Å². The lowest BCUT2D eigenvalue weighted by molar-refractivity contribution is 0.157. The molecule has 1 fully saturated rings. The highest BCUT2D eigenvalue weighted by atomic mass is 15.1. The van der Waals surface area contributed by atoms with E-state index in [1.54, 1.807) is 6.20 Å². The van der Waals surface area contributed by atoms with Gasteiger partial charge in [-0.2, -0.15) is 0 Å². The summed E-state index contributed by atoms with van der Waals surface area (Å²) in [6.45, 7) is 4.50. The number of rotatable bonds is 4. The number of pyridine rings is 1. The van der Waals surface area contributed by atoms with Crippen LogP contribution in [-0.4, -0.2) is 48.5 Å². The summed E-state index contributed by atoms with van der Waals surface area (Å²) in [5, 5.41) is 0. The molecule has 100 valence electrons. The number of piperidine rings is 1. The van der Waals surface area contributed by atoms with E-state index in [2.05, 4.69) is 34.9 Å². The Labute approximate surface area is 110 Å². The number of nitrogens with zero attached hydrogens (tertiary/aromatic N) is 3. The van der Waals surface area contributed by atoms with Gasteiger partial charge < -0.3 is 10.6 Å². The first-order valence-electron chi connectivity index (χ1n) is 6.71. The quantitative estimate of drug-likeness (QED) is 0.876. The standard InChI is InChI=1S/C14H24N4/c1-17(2)10-12-5-8-18(9-6-12)11-13-4-3-7-16-14(13)15/h3-4,7,12H,5-6,8-11H2,1-2H3,(H2,15,16). The van der Waals surface area contributed by atoms with Crippen molar-refractivity contribution in [2.75, 3.05) is 39.5 Å². The zero-order valence-electron chi connectivity index (χ0n) is 11.5. The maximum atomic E-state index is 5.89. The lowest BCUT2D eigenvalue weighted by Crippen LogP contribution is -2.36. The molecule has 0 radical (unpaired) electrons. The summed E-state index contributed by atoms with van der Waals surface area (Å²) in [6.07, 6.45) is 4.33. The number of hydrogen-bond acceptors (Lipinski definition) is 4. The predicted molar refractivity (Wildman–Crippen MR) is 75.2 cm³/mol. The molecular formula is C14H24N4. The summed E-state index contributed by atoms with van der Waals surface area (Å²) in [7, 11) is 4.31. The molecule has 0 bridgehead atoms. The largest absolute Gasteiger partial charge is 0.383 e. The zero-order valence-corrected chi connectivity index (χ0v) is 11.5. The number of aromatic nitrogens is 1. The van der Waals surface area contributed by atoms with Crippen molar-refractivity contribution in [2.45, 2.75) is 19.4 Å². The monoisotopic (exact) mass is 248 g/mol. The first kappa shape index (κ1) is 13.3. The van der Waals surface area contributed by atoms with Crippen molar-refractivity contribution in [3.05, 3.63) is 23.9 Å². The van der Waals surface area contributed by atoms with Crippen LogP contribution in [0.25, 0.3) is 0 Å². The highest BCUT2D eigenvalue weighted by Crippen LogP contribution is 2.20. The third-order valence-corrected chi connectivity index (χ3v) is 3.65. The Kier molecular flexibility index (Phi) is 4.55. The highest BCUT2D eigenvalue weighted by molar-refractivity contribution is 5.38. The van der Waals surface area contributed by atoms with E-state index in [4.69, 9.17) is 5.73 Å². The van der Waals surface area contributed by atoms with E-state index in [1.165, 1.54) is 32.5 Å². The smallest absolute Gasteiger partial charge is 0.127 e. The summed E-state index contributed by atoms with van der Waals surface area (Å²) in [4.78, 5) is 8.92. The molecule has 1 aromatic heterocycles. The van der Waals surface area contributed by atoms with E-state index in [1.807, 2.05) is 6.07 Å². The number of anilines is 1. The second kappa shape index (κ2) is 6.16. The van der Waals surface area contributed by atoms with Gasteiger partial charge in [-0.1, -0.05) is 6.07 Å². The van der Waals surface area contributed by atoms with E-state index in [-0.39, 0.29) is 0 Å². The normalized spacial score (nSPS) is 18.4. The van der Waals surface area contributed by atoms with Crippen LogP contribution in [0, 0.1) is 5.92 Å². The number of likely N-dealkylation sites (tertiary alicyclic amines) is 1. The van der Waals surface area contributed by atoms with Crippen LogP contribution >= 0.6 is 0 Å². The van der Waals surface area contributed by atoms with Gasteiger partial charge in [-0.25, -0.2) is 4.98 Å². The second-order valence-electron chi connectivity index (χ2n) is 5.53. The van der Waals surface area contributed by atoms with Crippen molar-refractivity contribution >= 4 is 5.82 Å². The predicted octanol–water partition coefficient (Wildman–Crippen LogP) is 1.44. The number of nitrogen functional groups attached to an aromatic ring is 1. The Morgan fingerprint density at radius 3 is 2.72 bits per heavy atom. The first-order valence-corrected chi connectivity index (χ1v) is 6.71. The molecule has 18 heavy (non-hydrogen) atoms. The third-order valence-electron chi connectivity index (χ3n) is 3.65. The van der Waals surface area contributed by atoms with Crippen molar-refractivity contribution in [3.8, 4) is 0 Å². The molecule has 0 unspecified atom stereocenters. The summed E-state index contributed by atoms with van der Waals surface area (Å²) in [6, 6.07) is 4.04. The van der Waals surface area contributed by atoms with E-state index in [0.717, 1.165) is 18.0 Å². The van der Waals surface area contributed by atoms with Crippen molar-refractivity contribution in [2.24, 2.45) is 5.92 Å². The van der Waals surface area contributed by atoms with E-state index >= 15 is 0 Å². The summed E-state index contributed by atoms with van der Waals surface area (Å²) < 4.78 is 0. The van der Waals surface area contributed by atoms with Gasteiger partial charge in [0.15, 0.2) is 0 Å². The van der Waals surface area contributed by atoms with Gasteiger partial charge in [-0.05, 0) is 52.0 Å². The Morgan fingerprint density at radius 2 is 2.11 bits per heavy atom. The van der Waals surface area contributed by atoms with Crippen molar-refractivity contribution in [1.82, 2.24) is 14.8 Å². The van der Waals surface area contributed by atoms with Crippen LogP contribution in [0.2, 0.25) is 0 Å². The van der Waals surface area contributed by atoms with Crippen molar-refractivity contribution in [1.29, 1.82) is 0 Å². The topological polar surface area (TPSA) is 45.4 Å². The van der Waals surface area contributed by atoms with E-state index < -0.39 is 0 Å². The van der Waals surface area contributed by atoms with Gasteiger partial charge in [0.25, 0.3) is 0 Å². The fraction of sp³-hybridized carbons (Fsp3) is 0.643. The third kappa shape index (κ3) is 3.68. The molecule has 1 aliphatic rings. The maximum Gasteiger partial charge on any atom is 0.127 e. The number of hydrogen-bond donors (Lipinski definition) is 1. The molecule has 0 aliphatic carbocycles. The molecule has 1 aliphatic heterocycles. The fourth-order valence-corrected chi connectivity index (χ4v) is 2.67. The van der Waals surface area contributed by atoms with Crippen LogP contribution < -0.4 is 5.73 Å². The van der Waals surface area contributed by atoms with Crippen LogP contribution in [0.1, 0.15) is 18.4 Å². The molecule has 0 aromatic carbocycles. The summed E-state index contributed by atoms with van der Waals surface area (Å²) in [5.74, 6) is 1.52. The number of nitrogens with two attached hydrogens (primary N) is 1. The Bertz CT molecular complexity index is 370. The van der Waals surface area contributed by atoms with Crippen LogP contribution in [0.4, 0.5) is 5.82 Å². The lowest BCUT2D eigenvalue weighted by Gasteiger charge is -2.33. The molecule has 4 heteroatoms. The molecule has 1 aromatic rings. The molecule has 0 spiro atoms. The molecule has 2 heterocycles. The minimum atomic E-state index is 0.674. The Morgan fingerprint density at radius 1 is 1.39 bits per heavy atom. The minimum Gasteiger partial charge on any atom is -0.383 e. The SMILES string of the molecule is CN(C)CC1CCN(Cc2cccnc2N)CC1. The van der Waals surface area contributed by atoms with E-state index in [9.17, 15) is 0 Å². The fourth-order valence-electron chi connectivity index (χ4n) is 2.67. The highest BCUT2D eigenvalue weighted by Gasteiger charge is 2.20. The first-order chi connectivity index (χ1) is 8.65. The summed E-state index contributed by atoms with van der Waals surface area (Å²) >= 11 is 0. The molecule has 2 N–H and O–H groups in total. The van der Waals surface area contributed by atoms with Gasteiger partial charge in [-0.3, -0.25) is 4.90 Å². The van der Waals surface area contributed by atoms with Gasteiger partial charge in [0.1, 0.15) is 5.82 Å². The van der Waals surface area contributed by atoms with Crippen LogP contribution in [-0.2, 0) is 6.54 Å². The average Bonchev–Trinajstić information content (AvgIpc) is 2.34. The molecular weight excluding hydrogens is 224 g/mol. The van der Waals surface area contributed by atoms with E-state index in [0.29, 0.717) is 5.82 Å². The van der Waals surface area contributed by atoms with Crippen LogP contribution in [0.15, 0.2) is 18.3 Å². The van der Waals surface area contributed by atoms with Crippen molar-refractivity contribution < 1.29 is 0 Å². The maximum absolute atomic E-state index is 5.89. The van der Waals surface area contributed by atoms with Crippen LogP contribution in [0.5, 0.6) is 0 Å². The molecule has 4 nitrogen and oxygen atoms in total.